The molecule has 18 nitrogen and oxygen atoms in total. The van der Waals surface area contributed by atoms with Crippen LogP contribution in [0.1, 0.15) is 61.2 Å². The van der Waals surface area contributed by atoms with E-state index in [2.05, 4.69) is 37.3 Å². The summed E-state index contributed by atoms with van der Waals surface area (Å²) in [6, 6.07) is 6.49. The number of fused-ring (bicyclic) bond motifs is 1. The monoisotopic (exact) mass is 786 g/mol. The minimum atomic E-state index is -0.696. The number of nitrogens with two attached hydrogens (primary N) is 3. The van der Waals surface area contributed by atoms with Gasteiger partial charge in [-0.25, -0.2) is 9.98 Å². The van der Waals surface area contributed by atoms with Crippen LogP contribution in [0.4, 0.5) is 5.95 Å². The number of aryl methyl sites for hydroxylation is 2. The maximum atomic E-state index is 13.4. The Morgan fingerprint density at radius 3 is 2.30 bits per heavy atom. The molecule has 0 saturated heterocycles. The van der Waals surface area contributed by atoms with Gasteiger partial charge in [0, 0.05) is 50.1 Å². The second kappa shape index (κ2) is 22.5. The van der Waals surface area contributed by atoms with Crippen molar-refractivity contribution >= 4 is 52.3 Å². The molecule has 0 aliphatic carbocycles. The summed E-state index contributed by atoms with van der Waals surface area (Å²) in [5, 5.41) is 17.1. The number of carbonyl (C=O) groups excluding carboxylic acids is 4. The Labute approximate surface area is 332 Å². The molecule has 0 saturated carbocycles. The summed E-state index contributed by atoms with van der Waals surface area (Å²) in [5.41, 5.74) is 20.4. The van der Waals surface area contributed by atoms with Gasteiger partial charge in [0.15, 0.2) is 0 Å². The summed E-state index contributed by atoms with van der Waals surface area (Å²) < 4.78 is 8.99. The maximum absolute atomic E-state index is 13.4. The number of carbonyl (C=O) groups is 4. The van der Waals surface area contributed by atoms with Crippen LogP contribution in [0, 0.1) is 6.92 Å². The Hall–Kier alpha value is -6.82. The van der Waals surface area contributed by atoms with E-state index in [0.717, 1.165) is 7.11 Å². The van der Waals surface area contributed by atoms with Crippen molar-refractivity contribution in [2.75, 3.05) is 39.2 Å². The van der Waals surface area contributed by atoms with Crippen LogP contribution in [0.3, 0.4) is 0 Å². The maximum Gasteiger partial charge on any atom is 0.276 e. The van der Waals surface area contributed by atoms with E-state index in [0.29, 0.717) is 46.9 Å². The number of hydrogen-bond acceptors (Lipinski definition) is 12. The van der Waals surface area contributed by atoms with E-state index < -0.39 is 23.6 Å². The summed E-state index contributed by atoms with van der Waals surface area (Å²) in [6.07, 6.45) is 7.91. The molecule has 0 atom stereocenters. The first-order valence-electron chi connectivity index (χ1n) is 18.1. The highest BCUT2D eigenvalue weighted by molar-refractivity contribution is 6.47. The molecule has 9 N–H and O–H groups in total. The summed E-state index contributed by atoms with van der Waals surface area (Å²) in [4.78, 5) is 65.8. The third kappa shape index (κ3) is 12.1. The van der Waals surface area contributed by atoms with Crippen LogP contribution in [0.25, 0.3) is 11.0 Å². The van der Waals surface area contributed by atoms with Gasteiger partial charge < -0.3 is 36.5 Å². The normalized spacial score (nSPS) is 13.9. The van der Waals surface area contributed by atoms with Crippen molar-refractivity contribution in [3.63, 3.8) is 0 Å². The third-order valence-corrected chi connectivity index (χ3v) is 7.84. The van der Waals surface area contributed by atoms with Crippen LogP contribution >= 0.6 is 0 Å². The van der Waals surface area contributed by atoms with Gasteiger partial charge >= 0.3 is 0 Å². The number of aliphatic hydroxyl groups is 1. The van der Waals surface area contributed by atoms with Crippen molar-refractivity contribution in [2.24, 2.45) is 27.2 Å². The highest BCUT2D eigenvalue weighted by Gasteiger charge is 2.28. The predicted octanol–water partition coefficient (Wildman–Crippen LogP) is 2.67. The van der Waals surface area contributed by atoms with E-state index in [-0.39, 0.29) is 54.1 Å². The van der Waals surface area contributed by atoms with E-state index in [1.165, 1.54) is 25.3 Å². The molecule has 1 aliphatic heterocycles. The third-order valence-electron chi connectivity index (χ3n) is 7.84. The topological polar surface area (TPSA) is 263 Å². The molecule has 2 aromatic heterocycles. The Morgan fingerprint density at radius 1 is 1.04 bits per heavy atom. The van der Waals surface area contributed by atoms with Crippen molar-refractivity contribution in [3.8, 4) is 0 Å². The number of hydrogen-bond donors (Lipinski definition) is 6. The summed E-state index contributed by atoms with van der Waals surface area (Å²) in [6.45, 7) is 16.1. The van der Waals surface area contributed by atoms with Crippen molar-refractivity contribution in [3.05, 3.63) is 101 Å². The predicted molar refractivity (Wildman–Crippen MR) is 222 cm³/mol. The van der Waals surface area contributed by atoms with Gasteiger partial charge in [-0.2, -0.15) is 5.10 Å². The number of aliphatic imine (C=N–C) groups is 2. The van der Waals surface area contributed by atoms with Crippen LogP contribution in [-0.4, -0.2) is 98.5 Å². The van der Waals surface area contributed by atoms with Gasteiger partial charge in [0.05, 0.1) is 36.1 Å². The molecule has 0 unspecified atom stereocenters. The van der Waals surface area contributed by atoms with Gasteiger partial charge in [-0.3, -0.25) is 39.5 Å². The fourth-order valence-electron chi connectivity index (χ4n) is 5.39. The lowest BCUT2D eigenvalue weighted by Crippen LogP contribution is -2.42. The molecule has 1 aromatic carbocycles. The van der Waals surface area contributed by atoms with E-state index in [4.69, 9.17) is 27.0 Å². The average Bonchev–Trinajstić information content (AvgIpc) is 3.88. The van der Waals surface area contributed by atoms with Crippen LogP contribution < -0.4 is 27.8 Å². The Bertz CT molecular complexity index is 2130. The Morgan fingerprint density at radius 2 is 1.72 bits per heavy atom. The van der Waals surface area contributed by atoms with Crippen molar-refractivity contribution in [1.29, 1.82) is 0 Å². The van der Waals surface area contributed by atoms with Gasteiger partial charge in [0.2, 0.25) is 23.7 Å². The van der Waals surface area contributed by atoms with Gasteiger partial charge in [0.1, 0.15) is 17.2 Å². The second-order valence-corrected chi connectivity index (χ2v) is 11.7. The molecule has 3 aromatic rings. The summed E-state index contributed by atoms with van der Waals surface area (Å²) >= 11 is 0. The number of ether oxygens (including phenoxy) is 1. The van der Waals surface area contributed by atoms with Crippen LogP contribution in [0.5, 0.6) is 0 Å². The molecular weight excluding hydrogens is 733 g/mol. The smallest absolute Gasteiger partial charge is 0.276 e. The molecule has 0 radical (unpaired) electrons. The van der Waals surface area contributed by atoms with Gasteiger partial charge in [-0.1, -0.05) is 38.7 Å². The van der Waals surface area contributed by atoms with Gasteiger partial charge in [-0.15, -0.1) is 0 Å². The first-order chi connectivity index (χ1) is 27.3. The van der Waals surface area contributed by atoms with Crippen molar-refractivity contribution < 1.29 is 29.0 Å². The zero-order chi connectivity index (χ0) is 42.8. The van der Waals surface area contributed by atoms with Crippen molar-refractivity contribution in [2.45, 2.75) is 54.6 Å². The van der Waals surface area contributed by atoms with Crippen LogP contribution in [0.15, 0.2) is 93.9 Å². The summed E-state index contributed by atoms with van der Waals surface area (Å²) in [5.74, 6) is -1.53. The minimum absolute atomic E-state index is 0.112. The number of benzene rings is 1. The number of methoxy groups -OCH3 is 1. The first-order valence-corrected chi connectivity index (χ1v) is 18.1. The number of allylic oxidation sites excluding steroid dienone is 3. The van der Waals surface area contributed by atoms with Gasteiger partial charge in [-0.05, 0) is 64.1 Å². The number of nitrogens with zero attached hydrogens (tertiary/aromatic N) is 7. The van der Waals surface area contributed by atoms with E-state index in [1.54, 1.807) is 59.2 Å². The Balaban J connectivity index is 0.00000271. The number of amides is 4. The molecule has 1 aliphatic rings. The molecule has 0 fully saturated rings. The quantitative estimate of drug-likeness (QED) is 0.0431. The van der Waals surface area contributed by atoms with Gasteiger partial charge in [0.25, 0.3) is 11.8 Å². The standard InChI is InChI=1S/C36H44N12O5.C2H6.CH4O/c1-7-23(31(38)49)19-30(53-6)29-20-41-35(44-34(52)28-17-22(5)45-48(28)9-3)47(29)15-11-10-14-46-27-13-12-24(32(39)50)18-25(27)42-36(46)43-33(51)26(40-8-2)16-21(4)37;2*1-2/h7,10-13,16-19H,1,8-9,14-15,20,37H2,2-6H3,(H2,38,49)(H2,39,50)(H,41,44,52)(H,42,43,51);1-2H3;2H,1H3/b11-10+,21-16-,23-19+,30-29-,40-26?;;. The lowest BCUT2D eigenvalue weighted by Gasteiger charge is -2.22. The number of imidazole rings is 1. The fourth-order valence-corrected chi connectivity index (χ4v) is 5.39. The number of rotatable bonds is 15. The van der Waals surface area contributed by atoms with Crippen LogP contribution in [0.2, 0.25) is 0 Å². The molecule has 306 valence electrons. The first kappa shape index (κ1) is 46.3. The fraction of sp³-hybridized carbons (Fsp3) is 0.333. The largest absolute Gasteiger partial charge is 0.495 e. The highest BCUT2D eigenvalue weighted by Crippen LogP contribution is 2.23. The van der Waals surface area contributed by atoms with E-state index >= 15 is 0 Å². The number of anilines is 1. The molecule has 3 heterocycles. The second-order valence-electron chi connectivity index (χ2n) is 11.7. The molecule has 57 heavy (non-hydrogen) atoms. The lowest BCUT2D eigenvalue weighted by atomic mass is 10.2. The SMILES string of the molecule is C=C/C(=C\C(OC)=C1/CN=C(NC(=O)c2cc(C)nn2CC)N1C/C=C/Cn1c(NC(=O)C(/C=C(/C)N)=NCC)nc2cc(C(N)=O)ccc21)C(N)=O.CC.CO. The summed E-state index contributed by atoms with van der Waals surface area (Å²) in [7, 11) is 2.44. The zero-order valence-electron chi connectivity index (χ0n) is 33.8. The average molecular weight is 787 g/mol. The Kier molecular flexibility index (Phi) is 18.3. The van der Waals surface area contributed by atoms with Crippen LogP contribution in [-0.2, 0) is 27.4 Å². The molecule has 4 rings (SSSR count). The molecule has 4 amide bonds. The highest BCUT2D eigenvalue weighted by atomic mass is 16.5. The molecule has 18 heteroatoms. The molecule has 0 spiro atoms. The number of guanidine groups is 1. The molecule has 0 bridgehead atoms. The van der Waals surface area contributed by atoms with E-state index in [9.17, 15) is 19.2 Å². The minimum Gasteiger partial charge on any atom is -0.495 e. The molecular formula is C39H54N12O6. The van der Waals surface area contributed by atoms with Crippen molar-refractivity contribution in [1.82, 2.24) is 29.5 Å². The number of aliphatic hydroxyl groups excluding tert-OH is 1. The van der Waals surface area contributed by atoms with E-state index in [1.807, 2.05) is 32.9 Å². The zero-order valence-corrected chi connectivity index (χ0v) is 33.8. The number of nitrogens with one attached hydrogen (secondary N) is 2. The number of primary amides is 2. The lowest BCUT2D eigenvalue weighted by molar-refractivity contribution is -0.114. The number of aromatic nitrogens is 4.